The van der Waals surface area contributed by atoms with Crippen LogP contribution in [0.3, 0.4) is 0 Å². The van der Waals surface area contributed by atoms with Crippen molar-refractivity contribution < 1.29 is 22.7 Å². The second kappa shape index (κ2) is 14.4. The first-order valence-electron chi connectivity index (χ1n) is 13.6. The van der Waals surface area contributed by atoms with Crippen LogP contribution in [0.15, 0.2) is 77.7 Å². The number of sulfonamides is 1. The van der Waals surface area contributed by atoms with Crippen LogP contribution in [-0.2, 0) is 26.2 Å². The van der Waals surface area contributed by atoms with Crippen molar-refractivity contribution in [2.45, 2.75) is 64.1 Å². The molecule has 2 amide bonds. The van der Waals surface area contributed by atoms with Crippen molar-refractivity contribution >= 4 is 39.1 Å². The molecule has 0 saturated heterocycles. The van der Waals surface area contributed by atoms with Gasteiger partial charge in [0, 0.05) is 17.6 Å². The van der Waals surface area contributed by atoms with Crippen molar-refractivity contribution in [1.29, 1.82) is 0 Å². The summed E-state index contributed by atoms with van der Waals surface area (Å²) in [5.74, 6) is -0.304. The lowest BCUT2D eigenvalue weighted by atomic mass is 10.1. The molecule has 0 heterocycles. The second-order valence-corrected chi connectivity index (χ2v) is 12.2. The summed E-state index contributed by atoms with van der Waals surface area (Å²) in [6.45, 7) is 7.26. The predicted molar refractivity (Wildman–Crippen MR) is 163 cm³/mol. The first-order valence-corrected chi connectivity index (χ1v) is 15.4. The van der Waals surface area contributed by atoms with E-state index in [1.165, 1.54) is 30.2 Å². The SMILES string of the molecule is CC[C@@H](C)NC(=O)[C@@H](CC)N(Cc1cccc(C)c1)C(=O)CN(c1cccc(Cl)c1)S(=O)(=O)c1ccc(OC)cc1. The molecule has 0 aliphatic heterocycles. The lowest BCUT2D eigenvalue weighted by Crippen LogP contribution is -2.53. The fourth-order valence-corrected chi connectivity index (χ4v) is 5.99. The molecular weight excluding hydrogens is 562 g/mol. The molecule has 0 aromatic heterocycles. The number of hydrogen-bond acceptors (Lipinski definition) is 5. The molecule has 3 rings (SSSR count). The second-order valence-electron chi connectivity index (χ2n) is 9.92. The van der Waals surface area contributed by atoms with E-state index < -0.39 is 28.5 Å². The van der Waals surface area contributed by atoms with Gasteiger partial charge in [-0.3, -0.25) is 13.9 Å². The van der Waals surface area contributed by atoms with Crippen molar-refractivity contribution in [2.75, 3.05) is 18.0 Å². The number of aryl methyl sites for hydroxylation is 1. The third kappa shape index (κ3) is 8.24. The summed E-state index contributed by atoms with van der Waals surface area (Å²) in [6, 6.07) is 19.0. The number of methoxy groups -OCH3 is 1. The molecule has 0 aliphatic rings. The summed E-state index contributed by atoms with van der Waals surface area (Å²) in [5.41, 5.74) is 2.07. The summed E-state index contributed by atoms with van der Waals surface area (Å²) < 4.78 is 34.1. The molecule has 0 aliphatic carbocycles. The average molecular weight is 600 g/mol. The zero-order valence-corrected chi connectivity index (χ0v) is 25.7. The van der Waals surface area contributed by atoms with Crippen LogP contribution >= 0.6 is 11.6 Å². The molecular formula is C31H38ClN3O5S. The van der Waals surface area contributed by atoms with Crippen LogP contribution in [0.25, 0.3) is 0 Å². The lowest BCUT2D eigenvalue weighted by Gasteiger charge is -2.33. The van der Waals surface area contributed by atoms with Crippen LogP contribution in [0.4, 0.5) is 5.69 Å². The number of hydrogen-bond donors (Lipinski definition) is 1. The van der Waals surface area contributed by atoms with Gasteiger partial charge in [-0.25, -0.2) is 8.42 Å². The van der Waals surface area contributed by atoms with E-state index in [0.717, 1.165) is 21.9 Å². The maximum atomic E-state index is 14.1. The van der Waals surface area contributed by atoms with Gasteiger partial charge in [0.15, 0.2) is 0 Å². The first-order chi connectivity index (χ1) is 19.5. The summed E-state index contributed by atoms with van der Waals surface area (Å²) in [4.78, 5) is 28.9. The molecule has 0 saturated carbocycles. The van der Waals surface area contributed by atoms with E-state index >= 15 is 0 Å². The molecule has 2 atom stereocenters. The highest BCUT2D eigenvalue weighted by Crippen LogP contribution is 2.28. The number of nitrogens with one attached hydrogen (secondary N) is 1. The third-order valence-corrected chi connectivity index (χ3v) is 8.87. The number of anilines is 1. The number of ether oxygens (including phenoxy) is 1. The zero-order valence-electron chi connectivity index (χ0n) is 24.1. The molecule has 0 unspecified atom stereocenters. The Morgan fingerprint density at radius 1 is 0.976 bits per heavy atom. The van der Waals surface area contributed by atoms with E-state index in [2.05, 4.69) is 5.32 Å². The van der Waals surface area contributed by atoms with Crippen LogP contribution in [-0.4, -0.2) is 50.9 Å². The van der Waals surface area contributed by atoms with Crippen molar-refractivity contribution in [2.24, 2.45) is 0 Å². The summed E-state index contributed by atoms with van der Waals surface area (Å²) in [7, 11) is -2.72. The van der Waals surface area contributed by atoms with Crippen LogP contribution in [0.1, 0.15) is 44.7 Å². The minimum absolute atomic E-state index is 0.0159. The lowest BCUT2D eigenvalue weighted by molar-refractivity contribution is -0.140. The van der Waals surface area contributed by atoms with E-state index in [4.69, 9.17) is 16.3 Å². The van der Waals surface area contributed by atoms with Crippen LogP contribution < -0.4 is 14.4 Å². The summed E-state index contributed by atoms with van der Waals surface area (Å²) in [5, 5.41) is 3.30. The molecule has 10 heteroatoms. The number of nitrogens with zero attached hydrogens (tertiary/aromatic N) is 2. The predicted octanol–water partition coefficient (Wildman–Crippen LogP) is 5.57. The number of amides is 2. The Bertz CT molecular complexity index is 1450. The Morgan fingerprint density at radius 2 is 1.66 bits per heavy atom. The fraction of sp³-hybridized carbons (Fsp3) is 0.355. The topological polar surface area (TPSA) is 96.0 Å². The molecule has 41 heavy (non-hydrogen) atoms. The highest BCUT2D eigenvalue weighted by atomic mass is 35.5. The zero-order chi connectivity index (χ0) is 30.2. The smallest absolute Gasteiger partial charge is 0.264 e. The minimum Gasteiger partial charge on any atom is -0.497 e. The number of rotatable bonds is 13. The Morgan fingerprint density at radius 3 is 2.24 bits per heavy atom. The van der Waals surface area contributed by atoms with Crippen molar-refractivity contribution in [1.82, 2.24) is 10.2 Å². The van der Waals surface area contributed by atoms with Gasteiger partial charge in [-0.2, -0.15) is 0 Å². The van der Waals surface area contributed by atoms with Crippen molar-refractivity contribution in [3.63, 3.8) is 0 Å². The quantitative estimate of drug-likeness (QED) is 0.277. The van der Waals surface area contributed by atoms with Gasteiger partial charge < -0.3 is 15.0 Å². The van der Waals surface area contributed by atoms with E-state index in [9.17, 15) is 18.0 Å². The van der Waals surface area contributed by atoms with E-state index in [1.54, 1.807) is 30.3 Å². The Hall–Kier alpha value is -3.56. The van der Waals surface area contributed by atoms with Gasteiger partial charge in [0.1, 0.15) is 18.3 Å². The fourth-order valence-electron chi connectivity index (χ4n) is 4.40. The van der Waals surface area contributed by atoms with Crippen LogP contribution in [0, 0.1) is 6.92 Å². The molecule has 0 fully saturated rings. The maximum absolute atomic E-state index is 14.1. The molecule has 1 N–H and O–H groups in total. The Balaban J connectivity index is 2.06. The van der Waals surface area contributed by atoms with Crippen molar-refractivity contribution in [3.05, 3.63) is 88.9 Å². The summed E-state index contributed by atoms with van der Waals surface area (Å²) in [6.07, 6.45) is 1.08. The van der Waals surface area contributed by atoms with Gasteiger partial charge in [0.25, 0.3) is 10.0 Å². The molecule has 0 bridgehead atoms. The highest BCUT2D eigenvalue weighted by molar-refractivity contribution is 7.92. The molecule has 3 aromatic rings. The standard InChI is InChI=1S/C31H38ClN3O5S/c1-6-23(4)33-31(37)29(7-2)34(20-24-11-8-10-22(3)18-24)30(36)21-35(26-13-9-12-25(32)19-26)41(38,39)28-16-14-27(40-5)15-17-28/h8-19,23,29H,6-7,20-21H2,1-5H3,(H,33,37)/t23-,29-/m1/s1. The molecule has 8 nitrogen and oxygen atoms in total. The van der Waals surface area contributed by atoms with Crippen LogP contribution in [0.5, 0.6) is 5.75 Å². The van der Waals surface area contributed by atoms with Gasteiger partial charge in [0.2, 0.25) is 11.8 Å². The minimum atomic E-state index is -4.21. The largest absolute Gasteiger partial charge is 0.497 e. The third-order valence-electron chi connectivity index (χ3n) is 6.84. The maximum Gasteiger partial charge on any atom is 0.264 e. The van der Waals surface area contributed by atoms with Gasteiger partial charge in [-0.1, -0.05) is 61.3 Å². The Labute approximate surface area is 248 Å². The van der Waals surface area contributed by atoms with E-state index in [0.29, 0.717) is 17.2 Å². The number of halogens is 1. The van der Waals surface area contributed by atoms with Crippen LogP contribution in [0.2, 0.25) is 5.02 Å². The molecule has 3 aromatic carbocycles. The average Bonchev–Trinajstić information content (AvgIpc) is 2.95. The van der Waals surface area contributed by atoms with Crippen molar-refractivity contribution in [3.8, 4) is 5.75 Å². The van der Waals surface area contributed by atoms with Gasteiger partial charge in [-0.05, 0) is 74.7 Å². The normalized spacial score (nSPS) is 12.7. The summed E-state index contributed by atoms with van der Waals surface area (Å²) >= 11 is 6.24. The number of carbonyl (C=O) groups excluding carboxylic acids is 2. The molecule has 0 radical (unpaired) electrons. The highest BCUT2D eigenvalue weighted by Gasteiger charge is 2.34. The van der Waals surface area contributed by atoms with Gasteiger partial charge in [0.05, 0.1) is 17.7 Å². The monoisotopic (exact) mass is 599 g/mol. The van der Waals surface area contributed by atoms with Gasteiger partial charge >= 0.3 is 0 Å². The molecule has 220 valence electrons. The van der Waals surface area contributed by atoms with E-state index in [-0.39, 0.29) is 29.1 Å². The first kappa shape index (κ1) is 32.0. The number of carbonyl (C=O) groups is 2. The molecule has 0 spiro atoms. The van der Waals surface area contributed by atoms with Gasteiger partial charge in [-0.15, -0.1) is 0 Å². The Kier molecular flexibility index (Phi) is 11.2. The number of benzene rings is 3. The van der Waals surface area contributed by atoms with E-state index in [1.807, 2.05) is 52.0 Å².